The molecule has 1 amide bonds. The summed E-state index contributed by atoms with van der Waals surface area (Å²) in [5.41, 5.74) is 5.89. The third-order valence-corrected chi connectivity index (χ3v) is 7.14. The number of aryl methyl sites for hydroxylation is 2. The minimum atomic E-state index is -1.05. The summed E-state index contributed by atoms with van der Waals surface area (Å²) in [6.07, 6.45) is 15.1. The molecule has 0 saturated heterocycles. The van der Waals surface area contributed by atoms with Crippen LogP contribution in [0.25, 0.3) is 11.6 Å². The summed E-state index contributed by atoms with van der Waals surface area (Å²) in [7, 11) is 1.98. The van der Waals surface area contributed by atoms with E-state index in [4.69, 9.17) is 0 Å². The van der Waals surface area contributed by atoms with Gasteiger partial charge >= 0.3 is 0 Å². The molecule has 1 aliphatic heterocycles. The van der Waals surface area contributed by atoms with Crippen LogP contribution in [0.4, 0.5) is 10.2 Å². The molecule has 1 saturated carbocycles. The lowest BCUT2D eigenvalue weighted by Crippen LogP contribution is -2.37. The lowest BCUT2D eigenvalue weighted by Gasteiger charge is -2.27. The van der Waals surface area contributed by atoms with Crippen molar-refractivity contribution in [1.29, 1.82) is 0 Å². The summed E-state index contributed by atoms with van der Waals surface area (Å²) >= 11 is 0. The van der Waals surface area contributed by atoms with Crippen molar-refractivity contribution in [2.75, 3.05) is 5.32 Å². The molecule has 1 aliphatic carbocycles. The number of imidazole rings is 1. The third kappa shape index (κ3) is 6.13. The fourth-order valence-electron chi connectivity index (χ4n) is 4.60. The van der Waals surface area contributed by atoms with Gasteiger partial charge in [0.1, 0.15) is 17.8 Å². The van der Waals surface area contributed by atoms with E-state index in [-0.39, 0.29) is 18.4 Å². The number of pyridine rings is 1. The number of hydrogen-bond acceptors (Lipinski definition) is 5. The Hall–Kier alpha value is -3.52. The van der Waals surface area contributed by atoms with E-state index in [0.717, 1.165) is 52.1 Å². The largest absolute Gasteiger partial charge is 0.391 e. The molecule has 1 fully saturated rings. The summed E-state index contributed by atoms with van der Waals surface area (Å²) in [4.78, 5) is 21.3. The average Bonchev–Trinajstić information content (AvgIpc) is 3.49. The molecular formula is C30H38FN5O2. The van der Waals surface area contributed by atoms with Crippen molar-refractivity contribution in [2.45, 2.75) is 71.7 Å². The first-order valence-corrected chi connectivity index (χ1v) is 13.4. The highest BCUT2D eigenvalue weighted by atomic mass is 19.1. The number of nitrogens with zero attached hydrogens (tertiary/aromatic N) is 3. The van der Waals surface area contributed by atoms with Crippen LogP contribution in [0.5, 0.6) is 0 Å². The molecule has 3 N–H and O–H groups in total. The van der Waals surface area contributed by atoms with Gasteiger partial charge in [0, 0.05) is 43.0 Å². The first-order chi connectivity index (χ1) is 18.2. The summed E-state index contributed by atoms with van der Waals surface area (Å²) < 4.78 is 15.3. The number of hydrogen-bond donors (Lipinski definition) is 3. The monoisotopic (exact) mass is 519 g/mol. The molecular weight excluding hydrogens is 481 g/mol. The number of halogens is 1. The van der Waals surface area contributed by atoms with Gasteiger partial charge < -0.3 is 20.3 Å². The molecule has 4 atom stereocenters. The number of aliphatic hydroxyl groups is 1. The summed E-state index contributed by atoms with van der Waals surface area (Å²) in [6.45, 7) is 8.14. The Balaban J connectivity index is 1.76. The highest BCUT2D eigenvalue weighted by Gasteiger charge is 2.43. The molecule has 4 rings (SSSR count). The van der Waals surface area contributed by atoms with Crippen molar-refractivity contribution >= 4 is 23.4 Å². The number of allylic oxidation sites excluding steroid dienone is 5. The Bertz CT molecular complexity index is 1310. The number of alkyl halides is 1. The molecule has 0 radical (unpaired) electrons. The van der Waals surface area contributed by atoms with E-state index < -0.39 is 18.2 Å². The zero-order chi connectivity index (χ0) is 27.4. The molecule has 7 nitrogen and oxygen atoms in total. The highest BCUT2D eigenvalue weighted by Crippen LogP contribution is 2.36. The van der Waals surface area contributed by atoms with E-state index in [1.54, 1.807) is 12.4 Å². The second-order valence-corrected chi connectivity index (χ2v) is 10.2. The Morgan fingerprint density at radius 1 is 1.32 bits per heavy atom. The van der Waals surface area contributed by atoms with Gasteiger partial charge in [0.25, 0.3) is 0 Å². The quantitative estimate of drug-likeness (QED) is 0.373. The number of carbonyl (C=O) groups excluding carboxylic acids is 1. The lowest BCUT2D eigenvalue weighted by molar-refractivity contribution is -0.117. The SMILES string of the molecule is CCC/C=C(/C(=C\c1cnc(NC(=O)C2CC2F)cc1C)C1=CNC(C(O)CC)C=C1C)c1nccn1C. The molecule has 0 aromatic carbocycles. The van der Waals surface area contributed by atoms with Gasteiger partial charge in [0.15, 0.2) is 0 Å². The van der Waals surface area contributed by atoms with Gasteiger partial charge in [-0.3, -0.25) is 4.79 Å². The van der Waals surface area contributed by atoms with Crippen LogP contribution < -0.4 is 10.6 Å². The maximum Gasteiger partial charge on any atom is 0.231 e. The molecule has 8 heteroatoms. The smallest absolute Gasteiger partial charge is 0.231 e. The van der Waals surface area contributed by atoms with Crippen LogP contribution in [0.15, 0.2) is 59.7 Å². The second kappa shape index (κ2) is 11.9. The van der Waals surface area contributed by atoms with Crippen LogP contribution in [-0.4, -0.2) is 43.9 Å². The normalized spacial score (nSPS) is 22.3. The van der Waals surface area contributed by atoms with Gasteiger partial charge in [-0.1, -0.05) is 32.4 Å². The fourth-order valence-corrected chi connectivity index (χ4v) is 4.60. The van der Waals surface area contributed by atoms with Crippen LogP contribution in [-0.2, 0) is 11.8 Å². The molecule has 2 aromatic heterocycles. The molecule has 3 heterocycles. The van der Waals surface area contributed by atoms with Gasteiger partial charge in [0.05, 0.1) is 18.1 Å². The van der Waals surface area contributed by atoms with Crippen molar-refractivity contribution in [3.05, 3.63) is 76.7 Å². The number of rotatable bonds is 10. The average molecular weight is 520 g/mol. The van der Waals surface area contributed by atoms with Crippen LogP contribution in [0, 0.1) is 12.8 Å². The Morgan fingerprint density at radius 2 is 2.08 bits per heavy atom. The molecule has 2 aliphatic rings. The van der Waals surface area contributed by atoms with Crippen molar-refractivity contribution in [1.82, 2.24) is 19.9 Å². The van der Waals surface area contributed by atoms with E-state index in [9.17, 15) is 14.3 Å². The number of aliphatic hydroxyl groups excluding tert-OH is 1. The number of anilines is 1. The zero-order valence-corrected chi connectivity index (χ0v) is 22.8. The zero-order valence-electron chi connectivity index (χ0n) is 22.8. The lowest BCUT2D eigenvalue weighted by atomic mass is 9.87. The van der Waals surface area contributed by atoms with Gasteiger partial charge in [-0.15, -0.1) is 0 Å². The van der Waals surface area contributed by atoms with Crippen molar-refractivity contribution in [3.8, 4) is 0 Å². The predicted molar refractivity (Wildman–Crippen MR) is 150 cm³/mol. The minimum absolute atomic E-state index is 0.150. The van der Waals surface area contributed by atoms with Crippen LogP contribution >= 0.6 is 0 Å². The Morgan fingerprint density at radius 3 is 2.66 bits per heavy atom. The number of carbonyl (C=O) groups is 1. The van der Waals surface area contributed by atoms with Crippen LogP contribution in [0.1, 0.15) is 63.4 Å². The maximum atomic E-state index is 13.3. The third-order valence-electron chi connectivity index (χ3n) is 7.14. The number of aromatic nitrogens is 3. The summed E-state index contributed by atoms with van der Waals surface area (Å²) in [6, 6.07) is 1.67. The highest BCUT2D eigenvalue weighted by molar-refractivity contribution is 5.94. The molecule has 4 unspecified atom stereocenters. The number of nitrogens with one attached hydrogen (secondary N) is 2. The predicted octanol–water partition coefficient (Wildman–Crippen LogP) is 5.26. The van der Waals surface area contributed by atoms with E-state index in [2.05, 4.69) is 52.7 Å². The molecule has 38 heavy (non-hydrogen) atoms. The summed E-state index contributed by atoms with van der Waals surface area (Å²) in [5.74, 6) is 0.384. The van der Waals surface area contributed by atoms with E-state index in [1.807, 2.05) is 43.9 Å². The van der Waals surface area contributed by atoms with Crippen molar-refractivity contribution in [2.24, 2.45) is 13.0 Å². The molecule has 2 aromatic rings. The second-order valence-electron chi connectivity index (χ2n) is 10.2. The van der Waals surface area contributed by atoms with Crippen LogP contribution in [0.3, 0.4) is 0 Å². The summed E-state index contributed by atoms with van der Waals surface area (Å²) in [5, 5.41) is 16.5. The van der Waals surface area contributed by atoms with Gasteiger partial charge in [0.2, 0.25) is 5.91 Å². The Kier molecular flexibility index (Phi) is 8.62. The van der Waals surface area contributed by atoms with Crippen molar-refractivity contribution in [3.63, 3.8) is 0 Å². The number of unbranched alkanes of at least 4 members (excludes halogenated alkanes) is 1. The van der Waals surface area contributed by atoms with E-state index in [0.29, 0.717) is 12.2 Å². The van der Waals surface area contributed by atoms with Crippen molar-refractivity contribution < 1.29 is 14.3 Å². The number of dihydropyridines is 1. The van der Waals surface area contributed by atoms with E-state index in [1.165, 1.54) is 0 Å². The first-order valence-electron chi connectivity index (χ1n) is 13.4. The standard InChI is InChI=1S/C30H38FN5O2/c1-6-8-9-21(29-32-10-11-36(29)5)22(24-17-33-26(12-19(24)4)27(37)7-2)14-20-16-34-28(13-18(20)3)35-30(38)23-15-25(23)31/h9-14,16-17,23,25-27,33,37H,6-8,15H2,1-5H3,(H,34,35,38)/b21-9-,22-14+. The van der Waals surface area contributed by atoms with Gasteiger partial charge in [-0.25, -0.2) is 14.4 Å². The molecule has 0 bridgehead atoms. The topological polar surface area (TPSA) is 92.1 Å². The minimum Gasteiger partial charge on any atom is -0.391 e. The fraction of sp³-hybridized carbons (Fsp3) is 0.433. The molecule has 202 valence electrons. The maximum absolute atomic E-state index is 13.3. The van der Waals surface area contributed by atoms with Gasteiger partial charge in [-0.2, -0.15) is 0 Å². The van der Waals surface area contributed by atoms with E-state index >= 15 is 0 Å². The molecule has 0 spiro atoms. The Labute approximate surface area is 224 Å². The number of amides is 1. The van der Waals surface area contributed by atoms with Crippen LogP contribution in [0.2, 0.25) is 0 Å². The van der Waals surface area contributed by atoms with Gasteiger partial charge in [-0.05, 0) is 67.5 Å². The first kappa shape index (κ1) is 27.5.